The number of carbonyl (C=O) groups is 1. The number of ether oxygens (including phenoxy) is 1. The van der Waals surface area contributed by atoms with Gasteiger partial charge >= 0.3 is 6.09 Å². The van der Waals surface area contributed by atoms with Crippen molar-refractivity contribution in [2.45, 2.75) is 18.9 Å². The molecule has 19 heavy (non-hydrogen) atoms. The van der Waals surface area contributed by atoms with Crippen molar-refractivity contribution in [3.8, 4) is 6.07 Å². The molecule has 1 aliphatic rings. The fourth-order valence-corrected chi connectivity index (χ4v) is 2.05. The molecule has 100 valence electrons. The van der Waals surface area contributed by atoms with Crippen LogP contribution < -0.4 is 5.32 Å². The third-order valence-corrected chi connectivity index (χ3v) is 3.07. The average molecular weight is 261 g/mol. The van der Waals surface area contributed by atoms with E-state index in [2.05, 4.69) is 20.0 Å². The Morgan fingerprint density at radius 3 is 2.79 bits per heavy atom. The molecular formula is C12H15N5O2. The summed E-state index contributed by atoms with van der Waals surface area (Å²) in [6.45, 7) is 1.26. The van der Waals surface area contributed by atoms with Gasteiger partial charge in [-0.15, -0.1) is 0 Å². The van der Waals surface area contributed by atoms with E-state index in [0.29, 0.717) is 18.9 Å². The second kappa shape index (κ2) is 6.00. The third kappa shape index (κ3) is 3.10. The second-order valence-corrected chi connectivity index (χ2v) is 4.24. The predicted molar refractivity (Wildman–Crippen MR) is 67.4 cm³/mol. The van der Waals surface area contributed by atoms with Crippen LogP contribution in [0.2, 0.25) is 0 Å². The first-order chi connectivity index (χ1) is 9.24. The van der Waals surface area contributed by atoms with E-state index in [9.17, 15) is 4.79 Å². The number of aromatic nitrogens is 2. The Bertz CT molecular complexity index is 491. The van der Waals surface area contributed by atoms with Crippen molar-refractivity contribution in [2.75, 3.05) is 25.5 Å². The summed E-state index contributed by atoms with van der Waals surface area (Å²) in [5, 5.41) is 12.1. The molecule has 0 spiro atoms. The molecule has 0 saturated carbocycles. The molecule has 1 aromatic heterocycles. The quantitative estimate of drug-likeness (QED) is 0.853. The molecule has 1 aromatic rings. The fraction of sp³-hybridized carbons (Fsp3) is 0.500. The Hall–Kier alpha value is -2.36. The number of likely N-dealkylation sites (tertiary alicyclic amines) is 1. The maximum absolute atomic E-state index is 11.4. The lowest BCUT2D eigenvalue weighted by molar-refractivity contribution is 0.113. The van der Waals surface area contributed by atoms with Crippen molar-refractivity contribution in [1.29, 1.82) is 5.26 Å². The molecule has 1 saturated heterocycles. The maximum atomic E-state index is 11.4. The van der Waals surface area contributed by atoms with Crippen LogP contribution >= 0.6 is 0 Å². The molecule has 0 atom stereocenters. The average Bonchev–Trinajstić information content (AvgIpc) is 2.48. The summed E-state index contributed by atoms with van der Waals surface area (Å²) < 4.78 is 4.68. The van der Waals surface area contributed by atoms with E-state index in [-0.39, 0.29) is 17.8 Å². The van der Waals surface area contributed by atoms with E-state index in [1.54, 1.807) is 11.1 Å². The van der Waals surface area contributed by atoms with Gasteiger partial charge in [0.2, 0.25) is 0 Å². The number of nitrogens with zero attached hydrogens (tertiary/aromatic N) is 4. The Morgan fingerprint density at radius 2 is 2.16 bits per heavy atom. The molecule has 7 heteroatoms. The largest absolute Gasteiger partial charge is 0.453 e. The molecule has 0 radical (unpaired) electrons. The molecule has 2 heterocycles. The topological polar surface area (TPSA) is 91.1 Å². The summed E-state index contributed by atoms with van der Waals surface area (Å²) in [6.07, 6.45) is 4.32. The van der Waals surface area contributed by atoms with Gasteiger partial charge in [0.05, 0.1) is 7.11 Å². The van der Waals surface area contributed by atoms with Gasteiger partial charge in [-0.2, -0.15) is 5.26 Å². The van der Waals surface area contributed by atoms with Crippen molar-refractivity contribution in [3.63, 3.8) is 0 Å². The van der Waals surface area contributed by atoms with Gasteiger partial charge in [0.25, 0.3) is 0 Å². The Kier molecular flexibility index (Phi) is 4.13. The summed E-state index contributed by atoms with van der Waals surface area (Å²) in [6, 6.07) is 2.19. The van der Waals surface area contributed by atoms with Gasteiger partial charge < -0.3 is 15.0 Å². The number of amides is 1. The molecule has 0 unspecified atom stereocenters. The molecular weight excluding hydrogens is 246 g/mol. The van der Waals surface area contributed by atoms with Gasteiger partial charge in [-0.3, -0.25) is 0 Å². The number of nitrogens with one attached hydrogen (secondary N) is 1. The van der Waals surface area contributed by atoms with Crippen molar-refractivity contribution >= 4 is 11.9 Å². The number of methoxy groups -OCH3 is 1. The highest BCUT2D eigenvalue weighted by atomic mass is 16.5. The van der Waals surface area contributed by atoms with Crippen molar-refractivity contribution in [3.05, 3.63) is 18.1 Å². The van der Waals surface area contributed by atoms with Crippen LogP contribution in [0, 0.1) is 11.3 Å². The van der Waals surface area contributed by atoms with Crippen molar-refractivity contribution in [2.24, 2.45) is 0 Å². The van der Waals surface area contributed by atoms with E-state index in [1.807, 2.05) is 6.07 Å². The van der Waals surface area contributed by atoms with Crippen molar-refractivity contribution < 1.29 is 9.53 Å². The number of rotatable bonds is 2. The van der Waals surface area contributed by atoms with Gasteiger partial charge in [0.1, 0.15) is 6.07 Å². The number of hydrogen-bond donors (Lipinski definition) is 1. The summed E-state index contributed by atoms with van der Waals surface area (Å²) in [4.78, 5) is 21.1. The zero-order chi connectivity index (χ0) is 13.7. The van der Waals surface area contributed by atoms with E-state index < -0.39 is 0 Å². The highest BCUT2D eigenvalue weighted by molar-refractivity contribution is 5.67. The number of nitriles is 1. The Labute approximate surface area is 111 Å². The van der Waals surface area contributed by atoms with Crippen LogP contribution in [0.15, 0.2) is 12.4 Å². The Balaban J connectivity index is 1.93. The maximum Gasteiger partial charge on any atom is 0.409 e. The van der Waals surface area contributed by atoms with Gasteiger partial charge in [-0.1, -0.05) is 0 Å². The van der Waals surface area contributed by atoms with Crippen LogP contribution in [0.3, 0.4) is 0 Å². The molecule has 1 aliphatic heterocycles. The summed E-state index contributed by atoms with van der Waals surface area (Å²) in [5.74, 6) is 0.501. The minimum atomic E-state index is -0.296. The molecule has 0 bridgehead atoms. The van der Waals surface area contributed by atoms with E-state index in [4.69, 9.17) is 5.26 Å². The van der Waals surface area contributed by atoms with Crippen LogP contribution in [0.1, 0.15) is 18.5 Å². The molecule has 1 N–H and O–H groups in total. The van der Waals surface area contributed by atoms with Crippen LogP contribution in [0.5, 0.6) is 0 Å². The van der Waals surface area contributed by atoms with E-state index in [1.165, 1.54) is 13.3 Å². The smallest absolute Gasteiger partial charge is 0.409 e. The molecule has 7 nitrogen and oxygen atoms in total. The number of piperidine rings is 1. The summed E-state index contributed by atoms with van der Waals surface area (Å²) in [5.41, 5.74) is 0.290. The van der Waals surface area contributed by atoms with Crippen LogP contribution in [-0.4, -0.2) is 47.2 Å². The zero-order valence-electron chi connectivity index (χ0n) is 10.7. The van der Waals surface area contributed by atoms with E-state index in [0.717, 1.165) is 12.8 Å². The van der Waals surface area contributed by atoms with Gasteiger partial charge in [0.15, 0.2) is 11.5 Å². The standard InChI is InChI=1S/C12H15N5O2/c1-19-12(18)17-6-2-9(3-7-17)16-11-10(8-13)14-4-5-15-11/h4-5,9H,2-3,6-7H2,1H3,(H,15,16). The third-order valence-electron chi connectivity index (χ3n) is 3.07. The first-order valence-corrected chi connectivity index (χ1v) is 6.05. The highest BCUT2D eigenvalue weighted by Crippen LogP contribution is 2.17. The molecule has 0 aliphatic carbocycles. The predicted octanol–water partition coefficient (Wildman–Crippen LogP) is 0.991. The Morgan fingerprint density at radius 1 is 1.47 bits per heavy atom. The summed E-state index contributed by atoms with van der Waals surface area (Å²) in [7, 11) is 1.38. The van der Waals surface area contributed by atoms with Crippen molar-refractivity contribution in [1.82, 2.24) is 14.9 Å². The van der Waals surface area contributed by atoms with Gasteiger partial charge in [0, 0.05) is 31.5 Å². The number of hydrogen-bond acceptors (Lipinski definition) is 6. The zero-order valence-corrected chi connectivity index (χ0v) is 10.7. The lowest BCUT2D eigenvalue weighted by Gasteiger charge is -2.31. The monoisotopic (exact) mass is 261 g/mol. The first-order valence-electron chi connectivity index (χ1n) is 6.05. The second-order valence-electron chi connectivity index (χ2n) is 4.24. The summed E-state index contributed by atoms with van der Waals surface area (Å²) >= 11 is 0. The first kappa shape index (κ1) is 13.1. The molecule has 1 fully saturated rings. The van der Waals surface area contributed by atoms with Crippen LogP contribution in [0.4, 0.5) is 10.6 Å². The molecule has 2 rings (SSSR count). The minimum absolute atomic E-state index is 0.185. The fourth-order valence-electron chi connectivity index (χ4n) is 2.05. The minimum Gasteiger partial charge on any atom is -0.453 e. The lowest BCUT2D eigenvalue weighted by Crippen LogP contribution is -2.42. The van der Waals surface area contributed by atoms with Crippen LogP contribution in [0.25, 0.3) is 0 Å². The number of carbonyl (C=O) groups excluding carboxylic acids is 1. The number of anilines is 1. The van der Waals surface area contributed by atoms with Gasteiger partial charge in [-0.05, 0) is 12.8 Å². The normalized spacial score (nSPS) is 15.7. The van der Waals surface area contributed by atoms with Gasteiger partial charge in [-0.25, -0.2) is 14.8 Å². The highest BCUT2D eigenvalue weighted by Gasteiger charge is 2.23. The lowest BCUT2D eigenvalue weighted by atomic mass is 10.1. The van der Waals surface area contributed by atoms with E-state index >= 15 is 0 Å². The molecule has 0 aromatic carbocycles. The molecule has 1 amide bonds. The van der Waals surface area contributed by atoms with Crippen LogP contribution in [-0.2, 0) is 4.74 Å². The SMILES string of the molecule is COC(=O)N1CCC(Nc2nccnc2C#N)CC1.